The van der Waals surface area contributed by atoms with Crippen LogP contribution in [0.15, 0.2) is 47.0 Å². The average Bonchev–Trinajstić information content (AvgIpc) is 3.19. The van der Waals surface area contributed by atoms with Crippen LogP contribution >= 0.6 is 11.3 Å². The van der Waals surface area contributed by atoms with Crippen LogP contribution in [0.1, 0.15) is 20.8 Å². The molecule has 2 N–H and O–H groups in total. The van der Waals surface area contributed by atoms with Gasteiger partial charge in [0.15, 0.2) is 5.88 Å². The van der Waals surface area contributed by atoms with Crippen molar-refractivity contribution in [3.63, 3.8) is 0 Å². The third-order valence-corrected chi connectivity index (χ3v) is 4.24. The average molecular weight is 295 g/mol. The Morgan fingerprint density at radius 2 is 1.95 bits per heavy atom. The van der Waals surface area contributed by atoms with Crippen molar-refractivity contribution < 1.29 is 9.90 Å². The van der Waals surface area contributed by atoms with Crippen LogP contribution < -0.4 is 0 Å². The number of hydrogen-bond donors (Lipinski definition) is 2. The lowest BCUT2D eigenvalue weighted by Crippen LogP contribution is -1.96. The lowest BCUT2D eigenvalue weighted by Gasteiger charge is -1.98. The molecule has 0 saturated carbocycles. The summed E-state index contributed by atoms with van der Waals surface area (Å²) in [7, 11) is 0. The van der Waals surface area contributed by atoms with E-state index in [1.165, 1.54) is 11.3 Å². The van der Waals surface area contributed by atoms with Gasteiger partial charge >= 0.3 is 0 Å². The largest absolute Gasteiger partial charge is 0.494 e. The molecule has 4 rings (SSSR count). The van der Waals surface area contributed by atoms with E-state index in [9.17, 15) is 9.90 Å². The summed E-state index contributed by atoms with van der Waals surface area (Å²) in [5.74, 6) is -0.369. The van der Waals surface area contributed by atoms with E-state index in [2.05, 4.69) is 15.0 Å². The van der Waals surface area contributed by atoms with Gasteiger partial charge in [0.05, 0.1) is 27.4 Å². The zero-order valence-electron chi connectivity index (χ0n) is 10.7. The monoisotopic (exact) mass is 295 g/mol. The lowest BCUT2D eigenvalue weighted by atomic mass is 10.0. The number of aromatic amines is 1. The van der Waals surface area contributed by atoms with E-state index in [1.54, 1.807) is 24.5 Å². The summed E-state index contributed by atoms with van der Waals surface area (Å²) >= 11 is 1.48. The summed E-state index contributed by atoms with van der Waals surface area (Å²) in [6.45, 7) is 0. The van der Waals surface area contributed by atoms with Gasteiger partial charge in [-0.05, 0) is 23.6 Å². The quantitative estimate of drug-likeness (QED) is 0.763. The number of nitrogens with zero attached hydrogens (tertiary/aromatic N) is 2. The van der Waals surface area contributed by atoms with Gasteiger partial charge in [-0.3, -0.25) is 9.78 Å². The molecule has 0 atom stereocenters. The summed E-state index contributed by atoms with van der Waals surface area (Å²) in [5.41, 5.74) is 2.79. The third kappa shape index (κ3) is 1.73. The molecule has 102 valence electrons. The van der Waals surface area contributed by atoms with Crippen LogP contribution in [0, 0.1) is 0 Å². The van der Waals surface area contributed by atoms with Crippen molar-refractivity contribution in [3.8, 4) is 17.1 Å². The maximum atomic E-state index is 12.2. The molecule has 4 heterocycles. The van der Waals surface area contributed by atoms with Gasteiger partial charge in [0.1, 0.15) is 0 Å². The number of pyridine rings is 1. The molecule has 0 spiro atoms. The van der Waals surface area contributed by atoms with Gasteiger partial charge in [-0.25, -0.2) is 4.99 Å². The Morgan fingerprint density at radius 1 is 1.14 bits per heavy atom. The number of fused-ring (bicyclic) bond motifs is 1. The Hall–Kier alpha value is -2.73. The zero-order valence-corrected chi connectivity index (χ0v) is 11.5. The highest BCUT2D eigenvalue weighted by molar-refractivity contribution is 7.12. The summed E-state index contributed by atoms with van der Waals surface area (Å²) < 4.78 is 0. The first kappa shape index (κ1) is 12.0. The van der Waals surface area contributed by atoms with Gasteiger partial charge in [-0.15, -0.1) is 11.3 Å². The molecule has 1 aliphatic heterocycles. The molecule has 0 radical (unpaired) electrons. The second-order valence-electron chi connectivity index (χ2n) is 4.58. The fraction of sp³-hybridized carbons (Fsp3) is 0. The van der Waals surface area contributed by atoms with E-state index in [-0.39, 0.29) is 11.8 Å². The number of nitrogens with one attached hydrogen (secondary N) is 1. The van der Waals surface area contributed by atoms with Gasteiger partial charge in [0.2, 0.25) is 0 Å². The lowest BCUT2D eigenvalue weighted by molar-refractivity contribution is 0.101. The zero-order chi connectivity index (χ0) is 14.4. The summed E-state index contributed by atoms with van der Waals surface area (Å²) in [5, 5.41) is 12.1. The molecule has 0 aromatic carbocycles. The minimum absolute atomic E-state index is 0.0326. The van der Waals surface area contributed by atoms with E-state index in [4.69, 9.17) is 0 Å². The standard InChI is InChI=1S/C15H9N3O2S/c19-14-10-11(13(18-14)9-2-1-7-21-9)15(20)17-12(10)8-3-5-16-6-4-8/h1-7,17,20H. The molecule has 0 aliphatic carbocycles. The van der Waals surface area contributed by atoms with Gasteiger partial charge < -0.3 is 10.1 Å². The summed E-state index contributed by atoms with van der Waals surface area (Å²) in [6.07, 6.45) is 3.28. The van der Waals surface area contributed by atoms with Crippen LogP contribution in [-0.2, 0) is 0 Å². The van der Waals surface area contributed by atoms with E-state index >= 15 is 0 Å². The van der Waals surface area contributed by atoms with Gasteiger partial charge in [0.25, 0.3) is 5.91 Å². The van der Waals surface area contributed by atoms with Gasteiger partial charge in [-0.2, -0.15) is 0 Å². The Morgan fingerprint density at radius 3 is 2.67 bits per heavy atom. The molecular weight excluding hydrogens is 286 g/mol. The molecule has 1 amide bonds. The highest BCUT2D eigenvalue weighted by Crippen LogP contribution is 2.38. The maximum Gasteiger partial charge on any atom is 0.280 e. The second kappa shape index (κ2) is 4.39. The minimum Gasteiger partial charge on any atom is -0.494 e. The molecular formula is C15H9N3O2S. The number of amides is 1. The minimum atomic E-state index is -0.336. The molecule has 3 aromatic heterocycles. The van der Waals surface area contributed by atoms with Crippen molar-refractivity contribution in [2.24, 2.45) is 4.99 Å². The highest BCUT2D eigenvalue weighted by atomic mass is 32.1. The molecule has 21 heavy (non-hydrogen) atoms. The Balaban J connectivity index is 1.94. The Labute approximate surface area is 123 Å². The van der Waals surface area contributed by atoms with Crippen LogP contribution in [0.5, 0.6) is 5.88 Å². The van der Waals surface area contributed by atoms with Crippen molar-refractivity contribution in [3.05, 3.63) is 58.0 Å². The number of carbonyl (C=O) groups excluding carboxylic acids is 1. The first-order valence-corrected chi connectivity index (χ1v) is 7.16. The molecule has 0 saturated heterocycles. The first-order chi connectivity index (χ1) is 10.3. The normalized spacial score (nSPS) is 13.3. The van der Waals surface area contributed by atoms with Crippen molar-refractivity contribution in [1.82, 2.24) is 9.97 Å². The summed E-state index contributed by atoms with van der Waals surface area (Å²) in [6, 6.07) is 7.33. The van der Waals surface area contributed by atoms with Crippen molar-refractivity contribution in [2.75, 3.05) is 0 Å². The van der Waals surface area contributed by atoms with E-state index < -0.39 is 0 Å². The van der Waals surface area contributed by atoms with Crippen LogP contribution in [-0.4, -0.2) is 26.7 Å². The predicted molar refractivity (Wildman–Crippen MR) is 80.0 cm³/mol. The first-order valence-electron chi connectivity index (χ1n) is 6.28. The molecule has 3 aromatic rings. The van der Waals surface area contributed by atoms with E-state index in [0.29, 0.717) is 22.5 Å². The second-order valence-corrected chi connectivity index (χ2v) is 5.53. The van der Waals surface area contributed by atoms with Gasteiger partial charge in [0, 0.05) is 18.0 Å². The van der Waals surface area contributed by atoms with E-state index in [1.807, 2.05) is 17.5 Å². The van der Waals surface area contributed by atoms with Crippen LogP contribution in [0.4, 0.5) is 0 Å². The number of aromatic hydroxyl groups is 1. The fourth-order valence-electron chi connectivity index (χ4n) is 2.47. The van der Waals surface area contributed by atoms with Crippen LogP contribution in [0.25, 0.3) is 11.3 Å². The highest BCUT2D eigenvalue weighted by Gasteiger charge is 2.33. The molecule has 6 heteroatoms. The number of aromatic nitrogens is 2. The van der Waals surface area contributed by atoms with Gasteiger partial charge in [-0.1, -0.05) is 6.07 Å². The molecule has 0 bridgehead atoms. The third-order valence-electron chi connectivity index (χ3n) is 3.37. The number of H-pyrrole nitrogens is 1. The van der Waals surface area contributed by atoms with Crippen LogP contribution in [0.2, 0.25) is 0 Å². The number of aliphatic imine (C=N–C) groups is 1. The van der Waals surface area contributed by atoms with Crippen LogP contribution in [0.3, 0.4) is 0 Å². The number of carbonyl (C=O) groups is 1. The number of rotatable bonds is 2. The molecule has 0 unspecified atom stereocenters. The number of hydrogen-bond acceptors (Lipinski definition) is 4. The maximum absolute atomic E-state index is 12.2. The van der Waals surface area contributed by atoms with Crippen molar-refractivity contribution in [1.29, 1.82) is 0 Å². The SMILES string of the molecule is O=C1N=C(c2cccs2)c2c(O)[nH]c(-c3ccncc3)c21. The molecule has 1 aliphatic rings. The topological polar surface area (TPSA) is 78.3 Å². The Kier molecular flexibility index (Phi) is 2.52. The van der Waals surface area contributed by atoms with Crippen molar-refractivity contribution >= 4 is 23.0 Å². The Bertz CT molecular complexity index is 864. The molecule has 0 fully saturated rings. The van der Waals surface area contributed by atoms with Crippen molar-refractivity contribution in [2.45, 2.75) is 0 Å². The molecule has 5 nitrogen and oxygen atoms in total. The smallest absolute Gasteiger partial charge is 0.280 e. The fourth-order valence-corrected chi connectivity index (χ4v) is 3.19. The summed E-state index contributed by atoms with van der Waals surface area (Å²) in [4.78, 5) is 24.0. The van der Waals surface area contributed by atoms with E-state index in [0.717, 1.165) is 10.4 Å². The predicted octanol–water partition coefficient (Wildman–Crippen LogP) is 2.84. The number of thiophene rings is 1.